The van der Waals surface area contributed by atoms with Gasteiger partial charge in [0.05, 0.1) is 0 Å². The number of carbonyl (C=O) groups is 1. The van der Waals surface area contributed by atoms with Gasteiger partial charge in [0.1, 0.15) is 6.33 Å². The van der Waals surface area contributed by atoms with Crippen LogP contribution in [0.15, 0.2) is 6.33 Å². The molecule has 0 radical (unpaired) electrons. The van der Waals surface area contributed by atoms with Crippen molar-refractivity contribution in [1.82, 2.24) is 15.2 Å². The van der Waals surface area contributed by atoms with Crippen molar-refractivity contribution in [2.24, 2.45) is 5.92 Å². The minimum atomic E-state index is 0.0303. The van der Waals surface area contributed by atoms with Crippen LogP contribution in [0.4, 0.5) is 5.95 Å². The summed E-state index contributed by atoms with van der Waals surface area (Å²) in [6.07, 6.45) is 5.38. The van der Waals surface area contributed by atoms with E-state index in [-0.39, 0.29) is 11.8 Å². The van der Waals surface area contributed by atoms with Gasteiger partial charge in [0.15, 0.2) is 0 Å². The first kappa shape index (κ1) is 11.7. The average Bonchev–Trinajstić information content (AvgIpc) is 2.71. The molecule has 0 aromatic carbocycles. The van der Waals surface area contributed by atoms with Crippen LogP contribution in [-0.2, 0) is 4.79 Å². The predicted molar refractivity (Wildman–Crippen MR) is 58.3 cm³/mol. The summed E-state index contributed by atoms with van der Waals surface area (Å²) in [4.78, 5) is 15.6. The van der Waals surface area contributed by atoms with Gasteiger partial charge in [-0.25, -0.2) is 5.10 Å². The Morgan fingerprint density at radius 1 is 1.60 bits per heavy atom. The molecule has 84 valence electrons. The maximum atomic E-state index is 11.7. The van der Waals surface area contributed by atoms with Crippen LogP contribution in [-0.4, -0.2) is 21.1 Å². The number of H-pyrrole nitrogens is 1. The number of nitrogens with one attached hydrogen (secondary N) is 2. The molecular formula is C10H18N4O. The topological polar surface area (TPSA) is 70.7 Å². The zero-order chi connectivity index (χ0) is 11.1. The van der Waals surface area contributed by atoms with Crippen LogP contribution in [0.1, 0.15) is 39.5 Å². The zero-order valence-corrected chi connectivity index (χ0v) is 9.29. The third-order valence-corrected chi connectivity index (χ3v) is 2.43. The van der Waals surface area contributed by atoms with Crippen LogP contribution >= 0.6 is 0 Å². The van der Waals surface area contributed by atoms with Crippen LogP contribution < -0.4 is 5.32 Å². The van der Waals surface area contributed by atoms with Gasteiger partial charge in [0.25, 0.3) is 0 Å². The first-order valence-electron chi connectivity index (χ1n) is 5.44. The van der Waals surface area contributed by atoms with Crippen LogP contribution in [0.3, 0.4) is 0 Å². The molecule has 1 aromatic heterocycles. The molecule has 2 N–H and O–H groups in total. The van der Waals surface area contributed by atoms with Crippen LogP contribution in [0, 0.1) is 5.92 Å². The van der Waals surface area contributed by atoms with E-state index >= 15 is 0 Å². The lowest BCUT2D eigenvalue weighted by molar-refractivity contribution is -0.120. The molecule has 5 heteroatoms. The van der Waals surface area contributed by atoms with Gasteiger partial charge < -0.3 is 0 Å². The number of amides is 1. The number of carbonyl (C=O) groups excluding carboxylic acids is 1. The molecule has 0 aliphatic heterocycles. The lowest BCUT2D eigenvalue weighted by atomic mass is 9.99. The van der Waals surface area contributed by atoms with E-state index in [9.17, 15) is 4.79 Å². The molecule has 0 saturated carbocycles. The quantitative estimate of drug-likeness (QED) is 0.754. The van der Waals surface area contributed by atoms with E-state index in [0.717, 1.165) is 25.7 Å². The Kier molecular flexibility index (Phi) is 4.80. The third kappa shape index (κ3) is 3.69. The van der Waals surface area contributed by atoms with Gasteiger partial charge in [-0.1, -0.05) is 26.7 Å². The SMILES string of the molecule is CCCCC(CC)C(=O)Nc1ncn[nH]1. The number of aromatic amines is 1. The van der Waals surface area contributed by atoms with Gasteiger partial charge in [-0.3, -0.25) is 10.1 Å². The van der Waals surface area contributed by atoms with Gasteiger partial charge in [-0.15, -0.1) is 0 Å². The van der Waals surface area contributed by atoms with Crippen molar-refractivity contribution >= 4 is 11.9 Å². The Morgan fingerprint density at radius 2 is 2.40 bits per heavy atom. The molecule has 0 aliphatic rings. The van der Waals surface area contributed by atoms with E-state index in [1.807, 2.05) is 6.92 Å². The molecule has 0 spiro atoms. The zero-order valence-electron chi connectivity index (χ0n) is 9.29. The van der Waals surface area contributed by atoms with Gasteiger partial charge in [0, 0.05) is 5.92 Å². The Bertz CT molecular complexity index is 284. The van der Waals surface area contributed by atoms with Gasteiger partial charge in [0.2, 0.25) is 11.9 Å². The summed E-state index contributed by atoms with van der Waals surface area (Å²) in [6, 6.07) is 0. The summed E-state index contributed by atoms with van der Waals surface area (Å²) in [5.41, 5.74) is 0. The fraction of sp³-hybridized carbons (Fsp3) is 0.700. The fourth-order valence-corrected chi connectivity index (χ4v) is 1.46. The maximum Gasteiger partial charge on any atom is 0.229 e. The highest BCUT2D eigenvalue weighted by Crippen LogP contribution is 2.14. The molecule has 5 nitrogen and oxygen atoms in total. The molecule has 0 aliphatic carbocycles. The van der Waals surface area contributed by atoms with E-state index in [4.69, 9.17) is 0 Å². The van der Waals surface area contributed by atoms with E-state index in [1.54, 1.807) is 0 Å². The Balaban J connectivity index is 2.43. The second kappa shape index (κ2) is 6.16. The van der Waals surface area contributed by atoms with Gasteiger partial charge in [-0.2, -0.15) is 10.1 Å². The smallest absolute Gasteiger partial charge is 0.229 e. The number of unbranched alkanes of at least 4 members (excludes halogenated alkanes) is 1. The van der Waals surface area contributed by atoms with E-state index < -0.39 is 0 Å². The normalized spacial score (nSPS) is 12.4. The highest BCUT2D eigenvalue weighted by molar-refractivity contribution is 5.90. The van der Waals surface area contributed by atoms with E-state index in [1.165, 1.54) is 6.33 Å². The number of nitrogens with zero attached hydrogens (tertiary/aromatic N) is 2. The van der Waals surface area contributed by atoms with Crippen molar-refractivity contribution in [3.8, 4) is 0 Å². The summed E-state index contributed by atoms with van der Waals surface area (Å²) >= 11 is 0. The largest absolute Gasteiger partial charge is 0.295 e. The van der Waals surface area contributed by atoms with Gasteiger partial charge in [-0.05, 0) is 12.8 Å². The van der Waals surface area contributed by atoms with Crippen molar-refractivity contribution in [2.75, 3.05) is 5.32 Å². The Morgan fingerprint density at radius 3 is 2.93 bits per heavy atom. The molecule has 0 saturated heterocycles. The van der Waals surface area contributed by atoms with Crippen molar-refractivity contribution in [1.29, 1.82) is 0 Å². The molecular weight excluding hydrogens is 192 g/mol. The number of rotatable bonds is 6. The number of hydrogen-bond acceptors (Lipinski definition) is 3. The molecule has 1 rings (SSSR count). The minimum Gasteiger partial charge on any atom is -0.295 e. The lowest BCUT2D eigenvalue weighted by Gasteiger charge is -2.12. The maximum absolute atomic E-state index is 11.7. The fourth-order valence-electron chi connectivity index (χ4n) is 1.46. The summed E-state index contributed by atoms with van der Waals surface area (Å²) in [7, 11) is 0. The molecule has 1 unspecified atom stereocenters. The van der Waals surface area contributed by atoms with Crippen LogP contribution in [0.5, 0.6) is 0 Å². The second-order valence-electron chi connectivity index (χ2n) is 3.57. The lowest BCUT2D eigenvalue weighted by Crippen LogP contribution is -2.22. The molecule has 0 bridgehead atoms. The molecule has 1 aromatic rings. The first-order chi connectivity index (χ1) is 7.27. The Hall–Kier alpha value is -1.39. The van der Waals surface area contributed by atoms with Gasteiger partial charge >= 0.3 is 0 Å². The highest BCUT2D eigenvalue weighted by Gasteiger charge is 2.16. The molecule has 15 heavy (non-hydrogen) atoms. The predicted octanol–water partition coefficient (Wildman–Crippen LogP) is 1.96. The third-order valence-electron chi connectivity index (χ3n) is 2.43. The number of aromatic nitrogens is 3. The summed E-state index contributed by atoms with van der Waals surface area (Å²) < 4.78 is 0. The van der Waals surface area contributed by atoms with Crippen LogP contribution in [0.25, 0.3) is 0 Å². The van der Waals surface area contributed by atoms with Crippen molar-refractivity contribution in [3.05, 3.63) is 6.33 Å². The minimum absolute atomic E-state index is 0.0303. The standard InChI is InChI=1S/C10H18N4O/c1-3-5-6-8(4-2)9(15)13-10-11-7-12-14-10/h7-8H,3-6H2,1-2H3,(H2,11,12,13,14,15). The van der Waals surface area contributed by atoms with E-state index in [0.29, 0.717) is 5.95 Å². The molecule has 0 fully saturated rings. The van der Waals surface area contributed by atoms with Crippen molar-refractivity contribution in [2.45, 2.75) is 39.5 Å². The summed E-state index contributed by atoms with van der Waals surface area (Å²) in [5.74, 6) is 0.535. The molecule has 1 atom stereocenters. The Labute approximate surface area is 89.7 Å². The molecule has 1 amide bonds. The van der Waals surface area contributed by atoms with E-state index in [2.05, 4.69) is 27.4 Å². The average molecular weight is 210 g/mol. The molecule has 1 heterocycles. The van der Waals surface area contributed by atoms with Crippen molar-refractivity contribution < 1.29 is 4.79 Å². The first-order valence-corrected chi connectivity index (χ1v) is 5.44. The van der Waals surface area contributed by atoms with Crippen molar-refractivity contribution in [3.63, 3.8) is 0 Å². The summed E-state index contributed by atoms with van der Waals surface area (Å²) in [5, 5.41) is 9.00. The summed E-state index contributed by atoms with van der Waals surface area (Å²) in [6.45, 7) is 4.15. The van der Waals surface area contributed by atoms with Crippen LogP contribution in [0.2, 0.25) is 0 Å². The monoisotopic (exact) mass is 210 g/mol. The second-order valence-corrected chi connectivity index (χ2v) is 3.57. The highest BCUT2D eigenvalue weighted by atomic mass is 16.2. The number of hydrogen-bond donors (Lipinski definition) is 2. The number of anilines is 1.